The summed E-state index contributed by atoms with van der Waals surface area (Å²) in [5.74, 6) is -0.634. The number of aryl methyl sites for hydroxylation is 1. The number of ether oxygens (including phenoxy) is 1. The topological polar surface area (TPSA) is 91.7 Å². The minimum atomic E-state index is -5.79. The van der Waals surface area contributed by atoms with Gasteiger partial charge in [-0.3, -0.25) is 4.79 Å². The molecule has 1 atom stereocenters. The van der Waals surface area contributed by atoms with E-state index >= 15 is 0 Å². The van der Waals surface area contributed by atoms with E-state index < -0.39 is 26.9 Å². The van der Waals surface area contributed by atoms with Gasteiger partial charge in [0.05, 0.1) is 12.6 Å². The highest BCUT2D eigenvalue weighted by atomic mass is 32.2. The minimum absolute atomic E-state index is 0.212. The Labute approximate surface area is 136 Å². The predicted molar refractivity (Wildman–Crippen MR) is 77.3 cm³/mol. The molecule has 0 spiro atoms. The quantitative estimate of drug-likeness (QED) is 0.574. The van der Waals surface area contributed by atoms with Crippen molar-refractivity contribution >= 4 is 16.9 Å². The summed E-state index contributed by atoms with van der Waals surface area (Å²) in [7, 11) is -5.79. The number of carbonyl (C=O) groups is 1. The lowest BCUT2D eigenvalue weighted by Gasteiger charge is -2.15. The zero-order valence-corrected chi connectivity index (χ0v) is 13.5. The molecule has 0 saturated carbocycles. The third kappa shape index (κ3) is 4.35. The number of hydrogen-bond donors (Lipinski definition) is 0. The van der Waals surface area contributed by atoms with Crippen LogP contribution in [0.5, 0.6) is 5.75 Å². The summed E-state index contributed by atoms with van der Waals surface area (Å²) in [5, 5.41) is 0. The summed E-state index contributed by atoms with van der Waals surface area (Å²) in [6.45, 7) is 4.59. The van der Waals surface area contributed by atoms with Crippen molar-refractivity contribution in [2.75, 3.05) is 13.2 Å². The second-order valence-corrected chi connectivity index (χ2v) is 6.26. The molecular weight excluding hydrogens is 355 g/mol. The number of aromatic nitrogens is 1. The lowest BCUT2D eigenvalue weighted by molar-refractivity contribution is -0.0980. The van der Waals surface area contributed by atoms with Crippen LogP contribution in [-0.4, -0.2) is 38.5 Å². The summed E-state index contributed by atoms with van der Waals surface area (Å²) in [6.07, 6.45) is 1.01. The SMILES string of the molecule is C=O.CCOCC1CCc2cc(OS(=O)(=O)C(F)(F)F)cc(=O)n21. The fraction of sp³-hybridized carbons (Fsp3) is 0.538. The molecule has 2 heterocycles. The van der Waals surface area contributed by atoms with Gasteiger partial charge in [-0.2, -0.15) is 21.6 Å². The van der Waals surface area contributed by atoms with Gasteiger partial charge in [0.15, 0.2) is 0 Å². The van der Waals surface area contributed by atoms with Gasteiger partial charge in [0.25, 0.3) is 5.56 Å². The van der Waals surface area contributed by atoms with E-state index in [1.54, 1.807) is 6.92 Å². The van der Waals surface area contributed by atoms with Crippen LogP contribution in [-0.2, 0) is 26.1 Å². The van der Waals surface area contributed by atoms with Crippen molar-refractivity contribution < 1.29 is 35.3 Å². The Hall–Kier alpha value is -1.88. The number of alkyl halides is 3. The lowest BCUT2D eigenvalue weighted by Crippen LogP contribution is -2.29. The first-order valence-electron chi connectivity index (χ1n) is 6.78. The summed E-state index contributed by atoms with van der Waals surface area (Å²) >= 11 is 0. The van der Waals surface area contributed by atoms with Crippen LogP contribution in [0.3, 0.4) is 0 Å². The van der Waals surface area contributed by atoms with Gasteiger partial charge in [0, 0.05) is 24.4 Å². The number of hydrogen-bond acceptors (Lipinski definition) is 6. The fourth-order valence-electron chi connectivity index (χ4n) is 2.29. The van der Waals surface area contributed by atoms with Gasteiger partial charge < -0.3 is 18.3 Å². The van der Waals surface area contributed by atoms with Gasteiger partial charge >= 0.3 is 15.6 Å². The standard InChI is InChI=1S/C12H14F3NO5S.CH2O/c1-2-20-7-9-4-3-8-5-10(6-11(17)16(8)9)21-22(18,19)12(13,14)15;1-2/h5-6,9H,2-4,7H2,1H3;1H2. The molecule has 1 aliphatic heterocycles. The molecule has 1 aromatic rings. The van der Waals surface area contributed by atoms with Crippen LogP contribution in [0, 0.1) is 0 Å². The van der Waals surface area contributed by atoms with Gasteiger partial charge in [0.1, 0.15) is 12.5 Å². The van der Waals surface area contributed by atoms with E-state index in [0.29, 0.717) is 31.7 Å². The maximum absolute atomic E-state index is 12.3. The van der Waals surface area contributed by atoms with Gasteiger partial charge in [-0.1, -0.05) is 0 Å². The molecule has 1 aliphatic rings. The summed E-state index contributed by atoms with van der Waals surface area (Å²) in [5.41, 5.74) is -5.74. The van der Waals surface area contributed by atoms with E-state index in [1.165, 1.54) is 4.57 Å². The Balaban J connectivity index is 0.00000139. The van der Waals surface area contributed by atoms with Crippen LogP contribution in [0.2, 0.25) is 0 Å². The largest absolute Gasteiger partial charge is 0.534 e. The molecule has 2 rings (SSSR count). The van der Waals surface area contributed by atoms with Gasteiger partial charge in [-0.15, -0.1) is 0 Å². The van der Waals surface area contributed by atoms with Crippen molar-refractivity contribution in [2.24, 2.45) is 0 Å². The first kappa shape index (κ1) is 20.2. The minimum Gasteiger partial charge on any atom is -0.380 e. The molecule has 0 aromatic carbocycles. The molecule has 0 N–H and O–H groups in total. The van der Waals surface area contributed by atoms with E-state index in [2.05, 4.69) is 4.18 Å². The second-order valence-electron chi connectivity index (χ2n) is 4.73. The maximum Gasteiger partial charge on any atom is 0.534 e. The van der Waals surface area contributed by atoms with Crippen molar-refractivity contribution in [1.82, 2.24) is 4.57 Å². The maximum atomic E-state index is 12.3. The average molecular weight is 371 g/mol. The molecule has 0 bridgehead atoms. The zero-order chi connectivity index (χ0) is 18.5. The van der Waals surface area contributed by atoms with Crippen LogP contribution in [0.4, 0.5) is 13.2 Å². The summed E-state index contributed by atoms with van der Waals surface area (Å²) < 4.78 is 69.4. The number of rotatable bonds is 5. The first-order chi connectivity index (χ1) is 11.2. The van der Waals surface area contributed by atoms with Gasteiger partial charge in [-0.25, -0.2) is 0 Å². The molecule has 7 nitrogen and oxygen atoms in total. The Morgan fingerprint density at radius 3 is 2.50 bits per heavy atom. The second kappa shape index (κ2) is 7.79. The molecule has 0 fully saturated rings. The molecule has 0 amide bonds. The van der Waals surface area contributed by atoms with Gasteiger partial charge in [0.2, 0.25) is 0 Å². The summed E-state index contributed by atoms with van der Waals surface area (Å²) in [6, 6.07) is 1.66. The van der Waals surface area contributed by atoms with Crippen LogP contribution in [0.25, 0.3) is 0 Å². The zero-order valence-electron chi connectivity index (χ0n) is 12.7. The summed E-state index contributed by atoms with van der Waals surface area (Å²) in [4.78, 5) is 20.0. The monoisotopic (exact) mass is 371 g/mol. The number of fused-ring (bicyclic) bond motifs is 1. The third-order valence-electron chi connectivity index (χ3n) is 3.22. The van der Waals surface area contributed by atoms with Crippen molar-refractivity contribution in [1.29, 1.82) is 0 Å². The van der Waals surface area contributed by atoms with E-state index in [4.69, 9.17) is 9.53 Å². The highest BCUT2D eigenvalue weighted by Crippen LogP contribution is 2.30. The van der Waals surface area contributed by atoms with Crippen molar-refractivity contribution in [3.63, 3.8) is 0 Å². The predicted octanol–water partition coefficient (Wildman–Crippen LogP) is 1.42. The fourth-order valence-corrected chi connectivity index (χ4v) is 2.74. The molecular formula is C13H16F3NO6S. The van der Waals surface area contributed by atoms with E-state index in [-0.39, 0.29) is 6.04 Å². The smallest absolute Gasteiger partial charge is 0.380 e. The highest BCUT2D eigenvalue weighted by Gasteiger charge is 2.48. The van der Waals surface area contributed by atoms with Crippen molar-refractivity contribution in [2.45, 2.75) is 31.3 Å². The molecule has 1 aromatic heterocycles. The van der Waals surface area contributed by atoms with Crippen LogP contribution in [0.1, 0.15) is 25.1 Å². The van der Waals surface area contributed by atoms with Crippen LogP contribution in [0.15, 0.2) is 16.9 Å². The molecule has 11 heteroatoms. The number of carbonyl (C=O) groups excluding carboxylic acids is 1. The Kier molecular flexibility index (Phi) is 6.55. The third-order valence-corrected chi connectivity index (χ3v) is 4.20. The van der Waals surface area contributed by atoms with Crippen molar-refractivity contribution in [3.05, 3.63) is 28.2 Å². The molecule has 24 heavy (non-hydrogen) atoms. The number of pyridine rings is 1. The molecule has 0 saturated heterocycles. The normalized spacial score (nSPS) is 16.9. The lowest BCUT2D eigenvalue weighted by atomic mass is 10.2. The van der Waals surface area contributed by atoms with Crippen molar-refractivity contribution in [3.8, 4) is 5.75 Å². The van der Waals surface area contributed by atoms with E-state index in [0.717, 1.165) is 12.1 Å². The molecule has 1 unspecified atom stereocenters. The Morgan fingerprint density at radius 1 is 1.33 bits per heavy atom. The Morgan fingerprint density at radius 2 is 1.96 bits per heavy atom. The van der Waals surface area contributed by atoms with Crippen LogP contribution >= 0.6 is 0 Å². The molecule has 0 radical (unpaired) electrons. The van der Waals surface area contributed by atoms with E-state index in [1.807, 2.05) is 6.79 Å². The van der Waals surface area contributed by atoms with Crippen LogP contribution < -0.4 is 9.74 Å². The van der Waals surface area contributed by atoms with E-state index in [9.17, 15) is 26.4 Å². The number of halogens is 3. The Bertz CT molecular complexity index is 728. The average Bonchev–Trinajstić information content (AvgIpc) is 2.89. The highest BCUT2D eigenvalue weighted by molar-refractivity contribution is 7.88. The molecule has 136 valence electrons. The first-order valence-corrected chi connectivity index (χ1v) is 8.19. The molecule has 0 aliphatic carbocycles. The number of nitrogens with zero attached hydrogens (tertiary/aromatic N) is 1. The van der Waals surface area contributed by atoms with Gasteiger partial charge in [-0.05, 0) is 19.8 Å².